The highest BCUT2D eigenvalue weighted by Crippen LogP contribution is 2.16. The molecule has 0 saturated carbocycles. The highest BCUT2D eigenvalue weighted by Gasteiger charge is 2.20. The summed E-state index contributed by atoms with van der Waals surface area (Å²) >= 11 is 7.58. The molecule has 3 rings (SSSR count). The Kier molecular flexibility index (Phi) is 12.1. The maximum atomic E-state index is 13.1. The average Bonchev–Trinajstić information content (AvgIpc) is 3.43. The number of ether oxygens (including phenoxy) is 1. The Labute approximate surface area is 228 Å². The molecule has 0 aliphatic heterocycles. The number of para-hydroxylation sites is 1. The first kappa shape index (κ1) is 28.8. The van der Waals surface area contributed by atoms with E-state index in [0.29, 0.717) is 35.2 Å². The Bertz CT molecular complexity index is 1080. The number of amides is 1. The highest BCUT2D eigenvalue weighted by atomic mass is 35.5. The van der Waals surface area contributed by atoms with Gasteiger partial charge in [0.25, 0.3) is 5.91 Å². The third kappa shape index (κ3) is 10.3. The fourth-order valence-corrected chi connectivity index (χ4v) is 4.78. The quantitative estimate of drug-likeness (QED) is 0.236. The number of ketones is 1. The highest BCUT2D eigenvalue weighted by molar-refractivity contribution is 7.99. The van der Waals surface area contributed by atoms with Gasteiger partial charge in [-0.15, -0.1) is 11.8 Å². The maximum Gasteiger partial charge on any atom is 0.260 e. The van der Waals surface area contributed by atoms with Gasteiger partial charge in [-0.3, -0.25) is 9.59 Å². The van der Waals surface area contributed by atoms with Gasteiger partial charge in [0.15, 0.2) is 12.4 Å². The van der Waals surface area contributed by atoms with E-state index in [-0.39, 0.29) is 30.4 Å². The summed E-state index contributed by atoms with van der Waals surface area (Å²) < 4.78 is 10.9. The maximum absolute atomic E-state index is 13.1. The van der Waals surface area contributed by atoms with Crippen molar-refractivity contribution >= 4 is 35.1 Å². The second kappa shape index (κ2) is 15.5. The normalized spacial score (nSPS) is 12.6. The average molecular weight is 543 g/mol. The number of hydrogen-bond donors (Lipinski definition) is 1. The van der Waals surface area contributed by atoms with Gasteiger partial charge in [0, 0.05) is 18.1 Å². The predicted octanol–water partition coefficient (Wildman–Crippen LogP) is 5.64. The van der Waals surface area contributed by atoms with Crippen molar-refractivity contribution in [3.05, 3.63) is 89.3 Å². The van der Waals surface area contributed by atoms with Crippen LogP contribution in [0.2, 0.25) is 5.02 Å². The number of furan rings is 1. The van der Waals surface area contributed by atoms with E-state index in [4.69, 9.17) is 20.8 Å². The number of carbonyl (C=O) groups excluding carboxylic acids is 2. The van der Waals surface area contributed by atoms with Crippen LogP contribution in [0.25, 0.3) is 0 Å². The minimum atomic E-state index is -0.292. The predicted molar refractivity (Wildman–Crippen MR) is 150 cm³/mol. The first-order chi connectivity index (χ1) is 17.9. The number of hydrogen-bond acceptors (Lipinski definition) is 6. The van der Waals surface area contributed by atoms with Crippen LogP contribution >= 0.6 is 23.4 Å². The molecular weight excluding hydrogens is 508 g/mol. The largest absolute Gasteiger partial charge is 0.484 e. The van der Waals surface area contributed by atoms with E-state index in [1.807, 2.05) is 73.7 Å². The van der Waals surface area contributed by atoms with Crippen molar-refractivity contribution in [3.8, 4) is 5.75 Å². The van der Waals surface area contributed by atoms with Crippen LogP contribution in [0.1, 0.15) is 31.1 Å². The van der Waals surface area contributed by atoms with Gasteiger partial charge in [-0.1, -0.05) is 41.9 Å². The Morgan fingerprint density at radius 3 is 2.54 bits per heavy atom. The van der Waals surface area contributed by atoms with E-state index in [2.05, 4.69) is 5.32 Å². The molecule has 6 nitrogen and oxygen atoms in total. The van der Waals surface area contributed by atoms with E-state index in [1.54, 1.807) is 30.0 Å². The number of Topliss-reactive ketones (excluding diaryl/α,β-unsaturated/α-hetero) is 1. The third-order valence-electron chi connectivity index (χ3n) is 6.16. The molecule has 0 fully saturated rings. The lowest BCUT2D eigenvalue weighted by Crippen LogP contribution is -2.41. The molecule has 37 heavy (non-hydrogen) atoms. The molecular formula is C29H35ClN2O4S. The molecule has 0 aliphatic rings. The summed E-state index contributed by atoms with van der Waals surface area (Å²) in [4.78, 5) is 27.3. The topological polar surface area (TPSA) is 71.8 Å². The first-order valence-electron chi connectivity index (χ1n) is 12.5. The summed E-state index contributed by atoms with van der Waals surface area (Å²) in [5, 5.41) is 4.13. The first-order valence-corrected chi connectivity index (χ1v) is 14.0. The van der Waals surface area contributed by atoms with Crippen molar-refractivity contribution in [2.24, 2.45) is 0 Å². The van der Waals surface area contributed by atoms with Gasteiger partial charge in [0.1, 0.15) is 11.5 Å². The number of nitrogens with one attached hydrogen (secondary N) is 1. The number of rotatable bonds is 16. The zero-order chi connectivity index (χ0) is 26.5. The smallest absolute Gasteiger partial charge is 0.260 e. The Morgan fingerprint density at radius 1 is 1.08 bits per heavy atom. The summed E-state index contributed by atoms with van der Waals surface area (Å²) in [6, 6.07) is 20.5. The molecule has 0 radical (unpaired) electrons. The number of thioether (sulfide) groups is 1. The van der Waals surface area contributed by atoms with Crippen LogP contribution < -0.4 is 10.1 Å². The van der Waals surface area contributed by atoms with Crippen LogP contribution in [0, 0.1) is 0 Å². The third-order valence-corrected chi connectivity index (χ3v) is 7.39. The van der Waals surface area contributed by atoms with Crippen molar-refractivity contribution in [1.82, 2.24) is 10.2 Å². The number of likely N-dealkylation sites (N-methyl/N-ethyl adjacent to an activating group) is 1. The number of carbonyl (C=O) groups is 2. The molecule has 0 spiro atoms. The SMILES string of the molecule is CC(CCCNC(Cc1ccc(Cl)cc1)C(=O)CSCc1ccco1)N(C)C(=O)COc1ccccc1. The summed E-state index contributed by atoms with van der Waals surface area (Å²) in [7, 11) is 1.80. The number of halogens is 1. The Balaban J connectivity index is 1.44. The van der Waals surface area contributed by atoms with Crippen molar-refractivity contribution in [1.29, 1.82) is 0 Å². The van der Waals surface area contributed by atoms with E-state index in [1.165, 1.54) is 0 Å². The van der Waals surface area contributed by atoms with Gasteiger partial charge in [0.05, 0.1) is 23.8 Å². The molecule has 0 aliphatic carbocycles. The van der Waals surface area contributed by atoms with Gasteiger partial charge < -0.3 is 19.4 Å². The molecule has 2 unspecified atom stereocenters. The molecule has 1 N–H and O–H groups in total. The molecule has 0 saturated heterocycles. The van der Waals surface area contributed by atoms with Crippen LogP contribution in [-0.2, 0) is 21.8 Å². The molecule has 1 heterocycles. The molecule has 1 amide bonds. The fraction of sp³-hybridized carbons (Fsp3) is 0.379. The minimum absolute atomic E-state index is 0.0104. The molecule has 2 aromatic carbocycles. The van der Waals surface area contributed by atoms with Crippen molar-refractivity contribution in [2.75, 3.05) is 26.0 Å². The molecule has 3 aromatic rings. The van der Waals surface area contributed by atoms with E-state index < -0.39 is 0 Å². The van der Waals surface area contributed by atoms with E-state index in [9.17, 15) is 9.59 Å². The van der Waals surface area contributed by atoms with Crippen LogP contribution in [0.5, 0.6) is 5.75 Å². The molecule has 198 valence electrons. The molecule has 2 atom stereocenters. The zero-order valence-corrected chi connectivity index (χ0v) is 23.0. The van der Waals surface area contributed by atoms with E-state index >= 15 is 0 Å². The lowest BCUT2D eigenvalue weighted by atomic mass is 10.0. The Hall–Kier alpha value is -2.74. The van der Waals surface area contributed by atoms with Crippen LogP contribution in [0.15, 0.2) is 77.4 Å². The number of benzene rings is 2. The second-order valence-electron chi connectivity index (χ2n) is 8.97. The monoisotopic (exact) mass is 542 g/mol. The van der Waals surface area contributed by atoms with Gasteiger partial charge >= 0.3 is 0 Å². The minimum Gasteiger partial charge on any atom is -0.484 e. The molecule has 0 bridgehead atoms. The van der Waals surface area contributed by atoms with Gasteiger partial charge in [-0.25, -0.2) is 0 Å². The lowest BCUT2D eigenvalue weighted by molar-refractivity contribution is -0.134. The van der Waals surface area contributed by atoms with Gasteiger partial charge in [0.2, 0.25) is 0 Å². The van der Waals surface area contributed by atoms with E-state index in [0.717, 1.165) is 24.2 Å². The van der Waals surface area contributed by atoms with Crippen LogP contribution in [0.4, 0.5) is 0 Å². The zero-order valence-electron chi connectivity index (χ0n) is 21.4. The Morgan fingerprint density at radius 2 is 1.84 bits per heavy atom. The second-order valence-corrected chi connectivity index (χ2v) is 10.4. The lowest BCUT2D eigenvalue weighted by Gasteiger charge is -2.25. The number of nitrogens with zero attached hydrogens (tertiary/aromatic N) is 1. The van der Waals surface area contributed by atoms with Gasteiger partial charge in [-0.05, 0) is 74.7 Å². The standard InChI is InChI=1S/C29H35ClN2O4S/c1-22(32(2)29(34)19-36-25-9-4-3-5-10-25)8-6-16-31-27(18-23-12-14-24(30)15-13-23)28(33)21-37-20-26-11-7-17-35-26/h3-5,7,9-15,17,22,27,31H,6,8,16,18-21H2,1-2H3. The van der Waals surface area contributed by atoms with Crippen LogP contribution in [0.3, 0.4) is 0 Å². The molecule has 1 aromatic heterocycles. The van der Waals surface area contributed by atoms with Crippen molar-refractivity contribution in [3.63, 3.8) is 0 Å². The van der Waals surface area contributed by atoms with Gasteiger partial charge in [-0.2, -0.15) is 0 Å². The molecule has 8 heteroatoms. The van der Waals surface area contributed by atoms with Crippen molar-refractivity contribution < 1.29 is 18.7 Å². The summed E-state index contributed by atoms with van der Waals surface area (Å²) in [6.07, 6.45) is 3.89. The van der Waals surface area contributed by atoms with Crippen molar-refractivity contribution in [2.45, 2.75) is 44.0 Å². The van der Waals surface area contributed by atoms with Crippen LogP contribution in [-0.4, -0.2) is 54.6 Å². The summed E-state index contributed by atoms with van der Waals surface area (Å²) in [5.74, 6) is 2.71. The summed E-state index contributed by atoms with van der Waals surface area (Å²) in [6.45, 7) is 2.72. The fourth-order valence-electron chi connectivity index (χ4n) is 3.78. The summed E-state index contributed by atoms with van der Waals surface area (Å²) in [5.41, 5.74) is 1.06.